The first-order valence-electron chi connectivity index (χ1n) is 3.42. The van der Waals surface area contributed by atoms with E-state index in [2.05, 4.69) is 30.8 Å². The second-order valence-electron chi connectivity index (χ2n) is 2.65. The topological polar surface area (TPSA) is 0 Å². The summed E-state index contributed by atoms with van der Waals surface area (Å²) in [5, 5.41) is 1.44. The van der Waals surface area contributed by atoms with Gasteiger partial charge in [0, 0.05) is 10.2 Å². The molecule has 0 fully saturated rings. The van der Waals surface area contributed by atoms with Crippen molar-refractivity contribution in [3.8, 4) is 0 Å². The van der Waals surface area contributed by atoms with Crippen molar-refractivity contribution in [2.75, 3.05) is 0 Å². The van der Waals surface area contributed by atoms with Crippen LogP contribution in [0.2, 0.25) is 0 Å². The van der Waals surface area contributed by atoms with Crippen LogP contribution in [-0.2, 0) is 0 Å². The third-order valence-corrected chi connectivity index (χ3v) is 2.21. The quantitative estimate of drug-likeness (QED) is 0.515. The lowest BCUT2D eigenvalue weighted by molar-refractivity contribution is 1.61. The molecule has 0 aliphatic carbocycles. The van der Waals surface area contributed by atoms with Crippen molar-refractivity contribution in [1.29, 1.82) is 0 Å². The van der Waals surface area contributed by atoms with Crippen molar-refractivity contribution in [2.45, 2.75) is 6.92 Å². The first-order chi connectivity index (χ1) is 4.70. The van der Waals surface area contributed by atoms with Gasteiger partial charge in [-0.15, -0.1) is 0 Å². The van der Waals surface area contributed by atoms with Gasteiger partial charge in [-0.1, -0.05) is 41.6 Å². The van der Waals surface area contributed by atoms with Gasteiger partial charge in [-0.3, -0.25) is 0 Å². The molecule has 0 saturated heterocycles. The highest BCUT2D eigenvalue weighted by molar-refractivity contribution is 6.32. The largest absolute Gasteiger partial charge is 0.0955 e. The van der Waals surface area contributed by atoms with E-state index in [1.165, 1.54) is 10.8 Å². The number of benzene rings is 1. The summed E-state index contributed by atoms with van der Waals surface area (Å²) in [6.07, 6.45) is 0. The number of allylic oxidation sites excluding steroid dienone is 1. The lowest BCUT2D eigenvalue weighted by Crippen LogP contribution is -1.99. The smallest absolute Gasteiger partial charge is 0.0384 e. The average molecular weight is 148 g/mol. The molecule has 0 aromatic heterocycles. The molecule has 0 aliphatic rings. The van der Waals surface area contributed by atoms with Crippen LogP contribution in [0.1, 0.15) is 12.5 Å². The van der Waals surface area contributed by atoms with Crippen LogP contribution in [0.4, 0.5) is 0 Å². The van der Waals surface area contributed by atoms with Crippen molar-refractivity contribution in [1.82, 2.24) is 0 Å². The molecule has 1 rings (SSSR count). The SMILES string of the molecule is C=C(C)c1ccc([SiH3])cc1. The Kier molecular flexibility index (Phi) is 2.07. The van der Waals surface area contributed by atoms with Crippen LogP contribution in [0.15, 0.2) is 30.8 Å². The lowest BCUT2D eigenvalue weighted by Gasteiger charge is -1.98. The van der Waals surface area contributed by atoms with Crippen LogP contribution >= 0.6 is 0 Å². The molecule has 0 N–H and O–H groups in total. The molecule has 0 aliphatic heterocycles. The Balaban J connectivity index is 3.00. The summed E-state index contributed by atoms with van der Waals surface area (Å²) in [5.74, 6) is 0. The van der Waals surface area contributed by atoms with E-state index in [9.17, 15) is 0 Å². The summed E-state index contributed by atoms with van der Waals surface area (Å²) in [6, 6.07) is 8.59. The Morgan fingerprint density at radius 1 is 1.30 bits per heavy atom. The van der Waals surface area contributed by atoms with Gasteiger partial charge in [-0.2, -0.15) is 0 Å². The van der Waals surface area contributed by atoms with Gasteiger partial charge < -0.3 is 0 Å². The minimum absolute atomic E-state index is 1.14. The molecule has 0 atom stereocenters. The van der Waals surface area contributed by atoms with Crippen LogP contribution in [0, 0.1) is 0 Å². The van der Waals surface area contributed by atoms with Gasteiger partial charge in [0.15, 0.2) is 0 Å². The third kappa shape index (κ3) is 1.58. The van der Waals surface area contributed by atoms with E-state index in [1.54, 1.807) is 0 Å². The molecule has 52 valence electrons. The van der Waals surface area contributed by atoms with Crippen LogP contribution < -0.4 is 5.19 Å². The van der Waals surface area contributed by atoms with Gasteiger partial charge >= 0.3 is 0 Å². The third-order valence-electron chi connectivity index (χ3n) is 1.54. The normalized spacial score (nSPS) is 9.70. The molecule has 1 aromatic rings. The molecular weight excluding hydrogens is 136 g/mol. The first-order valence-corrected chi connectivity index (χ1v) is 4.42. The summed E-state index contributed by atoms with van der Waals surface area (Å²) in [7, 11) is 1.14. The Hall–Kier alpha value is -0.823. The number of hydrogen-bond acceptors (Lipinski definition) is 0. The molecular formula is C9H12Si. The number of rotatable bonds is 1. The summed E-state index contributed by atoms with van der Waals surface area (Å²) >= 11 is 0. The monoisotopic (exact) mass is 148 g/mol. The predicted molar refractivity (Wildman–Crippen MR) is 50.7 cm³/mol. The minimum Gasteiger partial charge on any atom is -0.0955 e. The van der Waals surface area contributed by atoms with Crippen molar-refractivity contribution < 1.29 is 0 Å². The molecule has 1 aromatic carbocycles. The standard InChI is InChI=1S/C9H12Si/c1-7(2)8-3-5-9(10)6-4-8/h3-6H,1H2,2,10H3. The fourth-order valence-corrected chi connectivity index (χ4v) is 1.17. The molecule has 0 heterocycles. The molecule has 0 amide bonds. The predicted octanol–water partition coefficient (Wildman–Crippen LogP) is 0.710. The molecule has 0 radical (unpaired) electrons. The Labute approximate surface area is 65.0 Å². The number of hydrogen-bond donors (Lipinski definition) is 0. The average Bonchev–Trinajstić information content (AvgIpc) is 1.88. The maximum Gasteiger partial charge on any atom is 0.0384 e. The Morgan fingerprint density at radius 3 is 2.20 bits per heavy atom. The highest BCUT2D eigenvalue weighted by atomic mass is 28.1. The van der Waals surface area contributed by atoms with Gasteiger partial charge in [-0.25, -0.2) is 0 Å². The van der Waals surface area contributed by atoms with Gasteiger partial charge in [0.05, 0.1) is 0 Å². The van der Waals surface area contributed by atoms with Gasteiger partial charge in [0.2, 0.25) is 0 Å². The maximum absolute atomic E-state index is 3.87. The van der Waals surface area contributed by atoms with Crippen molar-refractivity contribution >= 4 is 21.0 Å². The van der Waals surface area contributed by atoms with E-state index < -0.39 is 0 Å². The van der Waals surface area contributed by atoms with E-state index in [0.717, 1.165) is 15.8 Å². The van der Waals surface area contributed by atoms with E-state index in [1.807, 2.05) is 6.92 Å². The van der Waals surface area contributed by atoms with Crippen LogP contribution in [0.25, 0.3) is 5.57 Å². The maximum atomic E-state index is 3.87. The Morgan fingerprint density at radius 2 is 1.80 bits per heavy atom. The second kappa shape index (κ2) is 2.84. The van der Waals surface area contributed by atoms with Crippen LogP contribution in [-0.4, -0.2) is 10.2 Å². The highest BCUT2D eigenvalue weighted by Crippen LogP contribution is 2.07. The molecule has 0 unspecified atom stereocenters. The van der Waals surface area contributed by atoms with E-state index in [4.69, 9.17) is 0 Å². The van der Waals surface area contributed by atoms with Crippen molar-refractivity contribution in [3.63, 3.8) is 0 Å². The van der Waals surface area contributed by atoms with Gasteiger partial charge in [0.25, 0.3) is 0 Å². The first kappa shape index (κ1) is 7.29. The van der Waals surface area contributed by atoms with Crippen LogP contribution in [0.3, 0.4) is 0 Å². The van der Waals surface area contributed by atoms with Gasteiger partial charge in [0.1, 0.15) is 0 Å². The summed E-state index contributed by atoms with van der Waals surface area (Å²) < 4.78 is 0. The molecule has 10 heavy (non-hydrogen) atoms. The lowest BCUT2D eigenvalue weighted by atomic mass is 10.1. The fraction of sp³-hybridized carbons (Fsp3) is 0.111. The van der Waals surface area contributed by atoms with E-state index in [0.29, 0.717) is 0 Å². The molecule has 0 nitrogen and oxygen atoms in total. The van der Waals surface area contributed by atoms with Gasteiger partial charge in [-0.05, 0) is 12.5 Å². The zero-order valence-corrected chi connectivity index (χ0v) is 8.52. The second-order valence-corrected chi connectivity index (χ2v) is 3.80. The molecule has 0 spiro atoms. The van der Waals surface area contributed by atoms with Crippen LogP contribution in [0.5, 0.6) is 0 Å². The molecule has 0 saturated carbocycles. The fourth-order valence-electron chi connectivity index (χ4n) is 0.838. The summed E-state index contributed by atoms with van der Waals surface area (Å²) in [4.78, 5) is 0. The van der Waals surface area contributed by atoms with Crippen molar-refractivity contribution in [2.24, 2.45) is 0 Å². The zero-order valence-electron chi connectivity index (χ0n) is 6.52. The zero-order chi connectivity index (χ0) is 7.56. The Bertz CT molecular complexity index is 233. The molecule has 1 heteroatoms. The summed E-state index contributed by atoms with van der Waals surface area (Å²) in [6.45, 7) is 5.90. The summed E-state index contributed by atoms with van der Waals surface area (Å²) in [5.41, 5.74) is 2.39. The van der Waals surface area contributed by atoms with E-state index in [-0.39, 0.29) is 0 Å². The van der Waals surface area contributed by atoms with E-state index >= 15 is 0 Å². The highest BCUT2D eigenvalue weighted by Gasteiger charge is 1.89. The minimum atomic E-state index is 1.14. The molecule has 0 bridgehead atoms. The van der Waals surface area contributed by atoms with Crippen molar-refractivity contribution in [3.05, 3.63) is 36.4 Å².